The number of hydrogen-bond acceptors (Lipinski definition) is 3. The topological polar surface area (TPSA) is 38.9 Å². The molecule has 1 unspecified atom stereocenters. The Bertz CT molecular complexity index is 295. The second-order valence-electron chi connectivity index (χ2n) is 3.13. The van der Waals surface area contributed by atoms with Gasteiger partial charge in [0.05, 0.1) is 0 Å². The lowest BCUT2D eigenvalue weighted by Gasteiger charge is -2.03. The van der Waals surface area contributed by atoms with Crippen LogP contribution in [0.4, 0.5) is 13.2 Å². The van der Waals surface area contributed by atoms with Gasteiger partial charge in [-0.2, -0.15) is 13.2 Å². The normalized spacial score (nSPS) is 14.4. The molecule has 0 radical (unpaired) electrons. The molecule has 1 aromatic heterocycles. The molecule has 1 aromatic rings. The highest BCUT2D eigenvalue weighted by atomic mass is 19.4. The molecule has 14 heavy (non-hydrogen) atoms. The highest BCUT2D eigenvalue weighted by Crippen LogP contribution is 2.29. The van der Waals surface area contributed by atoms with Gasteiger partial charge in [-0.05, 0) is 6.42 Å². The van der Waals surface area contributed by atoms with Crippen LogP contribution in [0.5, 0.6) is 0 Å². The first kappa shape index (κ1) is 11.0. The number of hydrogen-bond donors (Lipinski definition) is 0. The maximum atomic E-state index is 12.1. The molecule has 0 aliphatic heterocycles. The summed E-state index contributed by atoms with van der Waals surface area (Å²) in [5, 5.41) is 6.31. The summed E-state index contributed by atoms with van der Waals surface area (Å²) in [4.78, 5) is 0. The van der Waals surface area contributed by atoms with Crippen molar-refractivity contribution in [3.8, 4) is 0 Å². The van der Waals surface area contributed by atoms with E-state index in [1.54, 1.807) is 6.92 Å². The summed E-state index contributed by atoms with van der Waals surface area (Å²) < 4.78 is 40.7. The molecule has 1 rings (SSSR count). The van der Waals surface area contributed by atoms with Crippen molar-refractivity contribution >= 4 is 0 Å². The van der Waals surface area contributed by atoms with Gasteiger partial charge in [0.2, 0.25) is 5.89 Å². The van der Waals surface area contributed by atoms with E-state index in [0.717, 1.165) is 12.8 Å². The van der Waals surface area contributed by atoms with Crippen LogP contribution < -0.4 is 0 Å². The van der Waals surface area contributed by atoms with Crippen LogP contribution in [-0.4, -0.2) is 10.2 Å². The largest absolute Gasteiger partial charge is 0.470 e. The minimum atomic E-state index is -4.54. The Morgan fingerprint density at radius 3 is 2.43 bits per heavy atom. The molecular formula is C8H11F3N2O. The zero-order chi connectivity index (χ0) is 10.8. The van der Waals surface area contributed by atoms with Gasteiger partial charge < -0.3 is 4.42 Å². The summed E-state index contributed by atoms with van der Waals surface area (Å²) in [6.45, 7) is 3.70. The van der Waals surface area contributed by atoms with Crippen molar-refractivity contribution in [2.24, 2.45) is 0 Å². The zero-order valence-electron chi connectivity index (χ0n) is 7.93. The van der Waals surface area contributed by atoms with Crippen LogP contribution in [0, 0.1) is 0 Å². The molecule has 0 fully saturated rings. The van der Waals surface area contributed by atoms with Crippen LogP contribution in [-0.2, 0) is 6.18 Å². The third-order valence-corrected chi connectivity index (χ3v) is 1.83. The SMILES string of the molecule is CCCC(C)c1nnc(C(F)(F)F)o1. The Labute approximate surface area is 79.3 Å². The van der Waals surface area contributed by atoms with Crippen LogP contribution in [0.3, 0.4) is 0 Å². The summed E-state index contributed by atoms with van der Waals surface area (Å²) in [6, 6.07) is 0. The van der Waals surface area contributed by atoms with Crippen LogP contribution >= 0.6 is 0 Å². The van der Waals surface area contributed by atoms with Gasteiger partial charge in [-0.3, -0.25) is 0 Å². The fraction of sp³-hybridized carbons (Fsp3) is 0.750. The predicted molar refractivity (Wildman–Crippen MR) is 42.6 cm³/mol. The molecule has 6 heteroatoms. The Balaban J connectivity index is 2.78. The lowest BCUT2D eigenvalue weighted by Crippen LogP contribution is -2.04. The molecule has 0 saturated heterocycles. The molecule has 0 aromatic carbocycles. The monoisotopic (exact) mass is 208 g/mol. The smallest absolute Gasteiger partial charge is 0.417 e. The van der Waals surface area contributed by atoms with E-state index in [4.69, 9.17) is 0 Å². The van der Waals surface area contributed by atoms with Crippen molar-refractivity contribution in [2.45, 2.75) is 38.8 Å². The van der Waals surface area contributed by atoms with E-state index in [2.05, 4.69) is 14.6 Å². The van der Waals surface area contributed by atoms with Crippen molar-refractivity contribution in [3.63, 3.8) is 0 Å². The summed E-state index contributed by atoms with van der Waals surface area (Å²) in [7, 11) is 0. The summed E-state index contributed by atoms with van der Waals surface area (Å²) in [5.74, 6) is -1.33. The van der Waals surface area contributed by atoms with Crippen molar-refractivity contribution in [2.75, 3.05) is 0 Å². The summed E-state index contributed by atoms with van der Waals surface area (Å²) in [5.41, 5.74) is 0. The van der Waals surface area contributed by atoms with E-state index in [9.17, 15) is 13.2 Å². The minimum absolute atomic E-state index is 0.0548. The zero-order valence-corrected chi connectivity index (χ0v) is 7.93. The van der Waals surface area contributed by atoms with Gasteiger partial charge in [-0.1, -0.05) is 20.3 Å². The number of halogens is 3. The van der Waals surface area contributed by atoms with Gasteiger partial charge >= 0.3 is 12.1 Å². The molecule has 0 saturated carbocycles. The maximum Gasteiger partial charge on any atom is 0.470 e. The summed E-state index contributed by atoms with van der Waals surface area (Å²) >= 11 is 0. The van der Waals surface area contributed by atoms with Crippen molar-refractivity contribution in [1.29, 1.82) is 0 Å². The molecule has 0 aliphatic carbocycles. The standard InChI is InChI=1S/C8H11F3N2O/c1-3-4-5(2)6-12-13-7(14-6)8(9,10)11/h5H,3-4H2,1-2H3. The average molecular weight is 208 g/mol. The maximum absolute atomic E-state index is 12.1. The van der Waals surface area contributed by atoms with E-state index in [1.807, 2.05) is 6.92 Å². The minimum Gasteiger partial charge on any atom is -0.417 e. The van der Waals surface area contributed by atoms with Crippen LogP contribution in [0.1, 0.15) is 44.4 Å². The lowest BCUT2D eigenvalue weighted by atomic mass is 10.1. The Morgan fingerprint density at radius 2 is 2.00 bits per heavy atom. The van der Waals surface area contributed by atoms with Gasteiger partial charge in [-0.15, -0.1) is 10.2 Å². The second kappa shape index (κ2) is 3.98. The molecule has 0 spiro atoms. The van der Waals surface area contributed by atoms with Crippen LogP contribution in [0.15, 0.2) is 4.42 Å². The lowest BCUT2D eigenvalue weighted by molar-refractivity contribution is -0.157. The second-order valence-corrected chi connectivity index (χ2v) is 3.13. The van der Waals surface area contributed by atoms with Gasteiger partial charge in [-0.25, -0.2) is 0 Å². The van der Waals surface area contributed by atoms with Crippen molar-refractivity contribution in [1.82, 2.24) is 10.2 Å². The van der Waals surface area contributed by atoms with Crippen LogP contribution in [0.2, 0.25) is 0 Å². The van der Waals surface area contributed by atoms with Crippen LogP contribution in [0.25, 0.3) is 0 Å². The van der Waals surface area contributed by atoms with Crippen molar-refractivity contribution < 1.29 is 17.6 Å². The van der Waals surface area contributed by atoms with Gasteiger partial charge in [0, 0.05) is 5.92 Å². The Hall–Kier alpha value is -1.07. The van der Waals surface area contributed by atoms with E-state index < -0.39 is 12.1 Å². The predicted octanol–water partition coefficient (Wildman–Crippen LogP) is 2.99. The third kappa shape index (κ3) is 2.46. The van der Waals surface area contributed by atoms with Gasteiger partial charge in [0.1, 0.15) is 0 Å². The molecule has 0 N–H and O–H groups in total. The number of alkyl halides is 3. The van der Waals surface area contributed by atoms with Gasteiger partial charge in [0.15, 0.2) is 0 Å². The molecule has 80 valence electrons. The fourth-order valence-corrected chi connectivity index (χ4v) is 1.10. The molecule has 0 amide bonds. The quantitative estimate of drug-likeness (QED) is 0.766. The number of aromatic nitrogens is 2. The Kier molecular flexibility index (Phi) is 3.13. The first-order chi connectivity index (χ1) is 6.45. The Morgan fingerprint density at radius 1 is 1.36 bits per heavy atom. The molecule has 1 atom stereocenters. The number of rotatable bonds is 3. The molecule has 1 heterocycles. The third-order valence-electron chi connectivity index (χ3n) is 1.83. The van der Waals surface area contributed by atoms with E-state index in [-0.39, 0.29) is 11.8 Å². The van der Waals surface area contributed by atoms with E-state index >= 15 is 0 Å². The van der Waals surface area contributed by atoms with E-state index in [1.165, 1.54) is 0 Å². The fourth-order valence-electron chi connectivity index (χ4n) is 1.10. The number of nitrogens with zero attached hydrogens (tertiary/aromatic N) is 2. The van der Waals surface area contributed by atoms with Crippen molar-refractivity contribution in [3.05, 3.63) is 11.8 Å². The molecule has 0 aliphatic rings. The average Bonchev–Trinajstić information content (AvgIpc) is 2.51. The first-order valence-corrected chi connectivity index (χ1v) is 4.35. The highest BCUT2D eigenvalue weighted by Gasteiger charge is 2.38. The molecular weight excluding hydrogens is 197 g/mol. The van der Waals surface area contributed by atoms with Gasteiger partial charge in [0.25, 0.3) is 0 Å². The first-order valence-electron chi connectivity index (χ1n) is 4.35. The highest BCUT2D eigenvalue weighted by molar-refractivity contribution is 4.91. The molecule has 0 bridgehead atoms. The summed E-state index contributed by atoms with van der Waals surface area (Å²) in [6.07, 6.45) is -2.94. The molecule has 3 nitrogen and oxygen atoms in total. The van der Waals surface area contributed by atoms with E-state index in [0.29, 0.717) is 0 Å².